The normalized spacial score (nSPS) is 15.4. The van der Waals surface area contributed by atoms with Crippen LogP contribution in [0, 0.1) is 29.2 Å². The summed E-state index contributed by atoms with van der Waals surface area (Å²) in [5.41, 5.74) is -0.880. The quantitative estimate of drug-likeness (QED) is 0.251. The number of carbonyl (C=O) groups is 2. The third kappa shape index (κ3) is 7.49. The van der Waals surface area contributed by atoms with Crippen molar-refractivity contribution in [2.45, 2.75) is 50.1 Å². The molecular formula is C24H27F4N3O5S. The van der Waals surface area contributed by atoms with Gasteiger partial charge in [0.25, 0.3) is 5.91 Å². The second-order valence-corrected chi connectivity index (χ2v) is 10.6. The zero-order valence-corrected chi connectivity index (χ0v) is 20.9. The number of piperidine rings is 1. The first-order chi connectivity index (χ1) is 17.4. The van der Waals surface area contributed by atoms with Crippen LogP contribution in [0.2, 0.25) is 0 Å². The average Bonchev–Trinajstić information content (AvgIpc) is 2.82. The molecule has 1 heterocycles. The summed E-state index contributed by atoms with van der Waals surface area (Å²) in [7, 11) is -4.99. The SMILES string of the molecule is CC(C)C[C@H](NC1CCNCC1)C(=O)OS(=O)(=O)c1cc(C(=O)Nc2cc(F)c(F)c(F)c2)ccc1F. The third-order valence-corrected chi connectivity index (χ3v) is 6.90. The Morgan fingerprint density at radius 1 is 1.03 bits per heavy atom. The van der Waals surface area contributed by atoms with Gasteiger partial charge in [-0.1, -0.05) is 13.8 Å². The van der Waals surface area contributed by atoms with E-state index in [1.807, 2.05) is 13.8 Å². The van der Waals surface area contributed by atoms with Crippen LogP contribution in [0.4, 0.5) is 23.2 Å². The summed E-state index contributed by atoms with van der Waals surface area (Å²) in [5, 5.41) is 8.37. The summed E-state index contributed by atoms with van der Waals surface area (Å²) >= 11 is 0. The molecule has 1 aliphatic heterocycles. The van der Waals surface area contributed by atoms with E-state index in [-0.39, 0.29) is 18.4 Å². The molecule has 1 amide bonds. The Kier molecular flexibility index (Phi) is 9.26. The molecule has 37 heavy (non-hydrogen) atoms. The van der Waals surface area contributed by atoms with Crippen molar-refractivity contribution in [2.75, 3.05) is 18.4 Å². The fraction of sp³-hybridized carbons (Fsp3) is 0.417. The van der Waals surface area contributed by atoms with Crippen molar-refractivity contribution in [3.05, 3.63) is 59.2 Å². The minimum absolute atomic E-state index is 0.0133. The van der Waals surface area contributed by atoms with Crippen LogP contribution in [0.3, 0.4) is 0 Å². The third-order valence-electron chi connectivity index (χ3n) is 5.66. The van der Waals surface area contributed by atoms with E-state index in [0.29, 0.717) is 24.3 Å². The average molecular weight is 546 g/mol. The van der Waals surface area contributed by atoms with Gasteiger partial charge >= 0.3 is 16.1 Å². The number of amides is 1. The molecule has 2 aromatic carbocycles. The largest absolute Gasteiger partial charge is 0.344 e. The lowest BCUT2D eigenvalue weighted by molar-refractivity contribution is -0.137. The van der Waals surface area contributed by atoms with Gasteiger partial charge in [0.1, 0.15) is 16.8 Å². The van der Waals surface area contributed by atoms with E-state index in [9.17, 15) is 35.6 Å². The molecule has 2 aromatic rings. The smallest absolute Gasteiger partial charge is 0.340 e. The number of benzene rings is 2. The first kappa shape index (κ1) is 28.5. The number of anilines is 1. The molecule has 0 radical (unpaired) electrons. The summed E-state index contributed by atoms with van der Waals surface area (Å²) in [6, 6.07) is 2.25. The lowest BCUT2D eigenvalue weighted by Crippen LogP contribution is -2.49. The zero-order valence-electron chi connectivity index (χ0n) is 20.1. The van der Waals surface area contributed by atoms with Crippen LogP contribution >= 0.6 is 0 Å². The molecule has 8 nitrogen and oxygen atoms in total. The molecule has 1 fully saturated rings. The number of hydrogen-bond donors (Lipinski definition) is 3. The molecule has 1 saturated heterocycles. The summed E-state index contributed by atoms with van der Waals surface area (Å²) in [5.74, 6) is -8.30. The molecule has 1 aliphatic rings. The molecule has 0 aromatic heterocycles. The van der Waals surface area contributed by atoms with E-state index in [2.05, 4.69) is 16.0 Å². The minimum Gasteiger partial charge on any atom is -0.340 e. The van der Waals surface area contributed by atoms with E-state index < -0.39 is 67.5 Å². The second kappa shape index (κ2) is 12.0. The predicted molar refractivity (Wildman–Crippen MR) is 126 cm³/mol. The molecule has 13 heteroatoms. The van der Waals surface area contributed by atoms with Crippen molar-refractivity contribution >= 4 is 27.7 Å². The van der Waals surface area contributed by atoms with E-state index in [4.69, 9.17) is 4.18 Å². The lowest BCUT2D eigenvalue weighted by Gasteiger charge is -2.28. The highest BCUT2D eigenvalue weighted by Crippen LogP contribution is 2.23. The molecular weight excluding hydrogens is 518 g/mol. The Morgan fingerprint density at radius 3 is 2.24 bits per heavy atom. The topological polar surface area (TPSA) is 114 Å². The Bertz CT molecular complexity index is 1240. The van der Waals surface area contributed by atoms with Crippen LogP contribution in [0.25, 0.3) is 0 Å². The monoisotopic (exact) mass is 545 g/mol. The van der Waals surface area contributed by atoms with Gasteiger partial charge < -0.3 is 20.1 Å². The van der Waals surface area contributed by atoms with Crippen LogP contribution in [0.5, 0.6) is 0 Å². The summed E-state index contributed by atoms with van der Waals surface area (Å²) in [6.07, 6.45) is 1.72. The Balaban J connectivity index is 1.79. The van der Waals surface area contributed by atoms with Crippen molar-refractivity contribution in [3.8, 4) is 0 Å². The van der Waals surface area contributed by atoms with Gasteiger partial charge in [-0.2, -0.15) is 8.42 Å². The highest BCUT2D eigenvalue weighted by Gasteiger charge is 2.32. The molecule has 202 valence electrons. The first-order valence-electron chi connectivity index (χ1n) is 11.6. The van der Waals surface area contributed by atoms with Gasteiger partial charge in [-0.15, -0.1) is 0 Å². The van der Waals surface area contributed by atoms with Crippen LogP contribution in [-0.4, -0.2) is 45.5 Å². The Labute approximate surface area is 211 Å². The Morgan fingerprint density at radius 2 is 1.65 bits per heavy atom. The van der Waals surface area contributed by atoms with Crippen LogP contribution in [0.1, 0.15) is 43.5 Å². The molecule has 0 spiro atoms. The maximum Gasteiger partial charge on any atom is 0.344 e. The number of rotatable bonds is 9. The standard InChI is InChI=1S/C24H27F4N3O5S/c1-13(2)9-20(30-15-5-7-29-8-6-15)24(33)36-37(34,35)21-10-14(3-4-17(21)25)23(32)31-16-11-18(26)22(28)19(27)12-16/h3-4,10-13,15,20,29-30H,5-9H2,1-2H3,(H,31,32)/t20-/m0/s1. The van der Waals surface area contributed by atoms with Crippen molar-refractivity contribution in [2.24, 2.45) is 5.92 Å². The molecule has 0 aliphatic carbocycles. The van der Waals surface area contributed by atoms with Gasteiger partial charge in [-0.05, 0) is 56.5 Å². The predicted octanol–water partition coefficient (Wildman–Crippen LogP) is 3.48. The number of hydrogen-bond acceptors (Lipinski definition) is 7. The van der Waals surface area contributed by atoms with Crippen molar-refractivity contribution in [1.29, 1.82) is 0 Å². The maximum absolute atomic E-state index is 14.5. The van der Waals surface area contributed by atoms with Crippen LogP contribution in [0.15, 0.2) is 35.2 Å². The Hall–Kier alpha value is -3.03. The van der Waals surface area contributed by atoms with Gasteiger partial charge in [0.05, 0.1) is 0 Å². The van der Waals surface area contributed by atoms with Gasteiger partial charge in [0.15, 0.2) is 17.5 Å². The van der Waals surface area contributed by atoms with Crippen molar-refractivity contribution in [1.82, 2.24) is 10.6 Å². The summed E-state index contributed by atoms with van der Waals surface area (Å²) < 4.78 is 84.8. The highest BCUT2D eigenvalue weighted by molar-refractivity contribution is 7.87. The summed E-state index contributed by atoms with van der Waals surface area (Å²) in [4.78, 5) is 24.2. The fourth-order valence-corrected chi connectivity index (χ4v) is 4.86. The maximum atomic E-state index is 14.5. The van der Waals surface area contributed by atoms with Crippen molar-refractivity contribution in [3.63, 3.8) is 0 Å². The summed E-state index contributed by atoms with van der Waals surface area (Å²) in [6.45, 7) is 5.16. The fourth-order valence-electron chi connectivity index (χ4n) is 3.86. The number of carbonyl (C=O) groups excluding carboxylic acids is 2. The minimum atomic E-state index is -4.99. The van der Waals surface area contributed by atoms with Crippen LogP contribution in [-0.2, 0) is 19.1 Å². The highest BCUT2D eigenvalue weighted by atomic mass is 32.2. The van der Waals surface area contributed by atoms with E-state index in [1.165, 1.54) is 0 Å². The molecule has 0 saturated carbocycles. The zero-order chi connectivity index (χ0) is 27.3. The molecule has 1 atom stereocenters. The second-order valence-electron chi connectivity index (χ2n) is 9.08. The first-order valence-corrected chi connectivity index (χ1v) is 13.0. The molecule has 3 N–H and O–H groups in total. The van der Waals surface area contributed by atoms with Crippen molar-refractivity contribution < 1.29 is 39.8 Å². The van der Waals surface area contributed by atoms with E-state index in [0.717, 1.165) is 32.0 Å². The molecule has 0 unspecified atom stereocenters. The number of nitrogens with one attached hydrogen (secondary N) is 3. The van der Waals surface area contributed by atoms with Crippen LogP contribution < -0.4 is 16.0 Å². The van der Waals surface area contributed by atoms with E-state index >= 15 is 0 Å². The van der Waals surface area contributed by atoms with Gasteiger partial charge in [0, 0.05) is 29.4 Å². The lowest BCUT2D eigenvalue weighted by atomic mass is 10.0. The number of halogens is 4. The molecule has 0 bridgehead atoms. The van der Waals surface area contributed by atoms with E-state index in [1.54, 1.807) is 0 Å². The van der Waals surface area contributed by atoms with Gasteiger partial charge in [-0.3, -0.25) is 4.79 Å². The van der Waals surface area contributed by atoms with Gasteiger partial charge in [0.2, 0.25) is 0 Å². The van der Waals surface area contributed by atoms with Gasteiger partial charge in [-0.25, -0.2) is 22.4 Å². The molecule has 3 rings (SSSR count).